The zero-order valence-corrected chi connectivity index (χ0v) is 9.64. The first-order valence-corrected chi connectivity index (χ1v) is 4.81. The van der Waals surface area contributed by atoms with E-state index in [0.29, 0.717) is 11.4 Å². The van der Waals surface area contributed by atoms with E-state index in [4.69, 9.17) is 0 Å². The number of hydrogen-bond acceptors (Lipinski definition) is 4. The molecule has 0 aliphatic rings. The van der Waals surface area contributed by atoms with Crippen LogP contribution in [0.25, 0.3) is 0 Å². The minimum atomic E-state index is -0.558. The number of nitrogens with zero attached hydrogens (tertiary/aromatic N) is 3. The molecule has 1 heterocycles. The van der Waals surface area contributed by atoms with Crippen molar-refractivity contribution in [2.45, 2.75) is 26.8 Å². The monoisotopic (exact) mass is 226 g/mol. The lowest BCUT2D eigenvalue weighted by atomic mass is 10.3. The molecule has 88 valence electrons. The summed E-state index contributed by atoms with van der Waals surface area (Å²) in [6, 6.07) is -0.558. The molecule has 7 nitrogen and oxygen atoms in total. The Morgan fingerprint density at radius 2 is 2.12 bits per heavy atom. The van der Waals surface area contributed by atoms with Gasteiger partial charge in [0, 0.05) is 7.05 Å². The van der Waals surface area contributed by atoms with Crippen LogP contribution in [0.15, 0.2) is 0 Å². The maximum absolute atomic E-state index is 11.4. The van der Waals surface area contributed by atoms with Crippen molar-refractivity contribution < 1.29 is 9.72 Å². The quantitative estimate of drug-likeness (QED) is 0.607. The zero-order chi connectivity index (χ0) is 12.5. The van der Waals surface area contributed by atoms with E-state index in [1.165, 1.54) is 11.7 Å². The van der Waals surface area contributed by atoms with Crippen LogP contribution in [0.3, 0.4) is 0 Å². The van der Waals surface area contributed by atoms with Crippen molar-refractivity contribution in [1.82, 2.24) is 15.1 Å². The maximum Gasteiger partial charge on any atom is 0.312 e. The van der Waals surface area contributed by atoms with Crippen molar-refractivity contribution >= 4 is 11.6 Å². The highest BCUT2D eigenvalue weighted by atomic mass is 16.6. The molecule has 1 N–H and O–H groups in total. The Kier molecular flexibility index (Phi) is 3.26. The molecule has 7 heteroatoms. The molecular weight excluding hydrogens is 212 g/mol. The van der Waals surface area contributed by atoms with E-state index in [0.717, 1.165) is 0 Å². The highest BCUT2D eigenvalue weighted by molar-refractivity contribution is 5.79. The number of nitrogens with one attached hydrogen (secondary N) is 1. The van der Waals surface area contributed by atoms with Crippen LogP contribution in [0, 0.1) is 24.0 Å². The van der Waals surface area contributed by atoms with Gasteiger partial charge in [0.05, 0.1) is 4.92 Å². The first kappa shape index (κ1) is 12.2. The molecule has 0 spiro atoms. The van der Waals surface area contributed by atoms with Gasteiger partial charge in [-0.25, -0.2) is 0 Å². The van der Waals surface area contributed by atoms with Crippen LogP contribution in [0.5, 0.6) is 0 Å². The summed E-state index contributed by atoms with van der Waals surface area (Å²) >= 11 is 0. The highest BCUT2D eigenvalue weighted by Crippen LogP contribution is 2.24. The van der Waals surface area contributed by atoms with Crippen molar-refractivity contribution in [1.29, 1.82) is 0 Å². The lowest BCUT2D eigenvalue weighted by Crippen LogP contribution is -2.29. The minimum Gasteiger partial charge on any atom is -0.357 e. The Hall–Kier alpha value is -1.92. The average molecular weight is 226 g/mol. The number of nitro groups is 1. The number of rotatable bonds is 3. The first-order valence-electron chi connectivity index (χ1n) is 4.81. The largest absolute Gasteiger partial charge is 0.357 e. The predicted molar refractivity (Wildman–Crippen MR) is 57.1 cm³/mol. The average Bonchev–Trinajstić information content (AvgIpc) is 2.51. The van der Waals surface area contributed by atoms with E-state index in [-0.39, 0.29) is 11.6 Å². The molecule has 0 aromatic carbocycles. The van der Waals surface area contributed by atoms with E-state index in [1.807, 2.05) is 0 Å². The molecule has 0 bridgehead atoms. The normalized spacial score (nSPS) is 12.2. The van der Waals surface area contributed by atoms with Gasteiger partial charge in [-0.2, -0.15) is 5.10 Å². The summed E-state index contributed by atoms with van der Waals surface area (Å²) in [5, 5.41) is 17.3. The third-order valence-electron chi connectivity index (χ3n) is 2.46. The van der Waals surface area contributed by atoms with Gasteiger partial charge in [-0.05, 0) is 20.8 Å². The molecule has 16 heavy (non-hydrogen) atoms. The van der Waals surface area contributed by atoms with Gasteiger partial charge in [0.2, 0.25) is 5.91 Å². The van der Waals surface area contributed by atoms with Gasteiger partial charge in [-0.15, -0.1) is 0 Å². The fourth-order valence-electron chi connectivity index (χ4n) is 1.62. The molecule has 1 aromatic rings. The van der Waals surface area contributed by atoms with Gasteiger partial charge < -0.3 is 5.32 Å². The fourth-order valence-corrected chi connectivity index (χ4v) is 1.62. The summed E-state index contributed by atoms with van der Waals surface area (Å²) in [6.07, 6.45) is 0. The summed E-state index contributed by atoms with van der Waals surface area (Å²) < 4.78 is 1.37. The van der Waals surface area contributed by atoms with Crippen LogP contribution in [0.4, 0.5) is 5.69 Å². The molecule has 0 aliphatic carbocycles. The van der Waals surface area contributed by atoms with Crippen molar-refractivity contribution in [2.24, 2.45) is 0 Å². The number of carbonyl (C=O) groups is 1. The second-order valence-corrected chi connectivity index (χ2v) is 3.51. The molecule has 0 fully saturated rings. The smallest absolute Gasteiger partial charge is 0.312 e. The lowest BCUT2D eigenvalue weighted by molar-refractivity contribution is -0.386. The first-order chi connectivity index (χ1) is 7.40. The Morgan fingerprint density at radius 3 is 2.50 bits per heavy atom. The van der Waals surface area contributed by atoms with Gasteiger partial charge in [-0.3, -0.25) is 19.6 Å². The molecular formula is C9H14N4O3. The van der Waals surface area contributed by atoms with Crippen LogP contribution >= 0.6 is 0 Å². The van der Waals surface area contributed by atoms with Crippen LogP contribution in [-0.2, 0) is 4.79 Å². The molecule has 1 aromatic heterocycles. The van der Waals surface area contributed by atoms with E-state index in [2.05, 4.69) is 10.4 Å². The topological polar surface area (TPSA) is 90.1 Å². The number of aryl methyl sites for hydroxylation is 1. The number of likely N-dealkylation sites (N-methyl/N-ethyl adjacent to an activating group) is 1. The van der Waals surface area contributed by atoms with E-state index in [1.54, 1.807) is 20.8 Å². The second kappa shape index (κ2) is 4.30. The van der Waals surface area contributed by atoms with Crippen LogP contribution < -0.4 is 5.32 Å². The molecule has 1 unspecified atom stereocenters. The lowest BCUT2D eigenvalue weighted by Gasteiger charge is -2.11. The molecule has 0 radical (unpaired) electrons. The summed E-state index contributed by atoms with van der Waals surface area (Å²) in [7, 11) is 1.51. The maximum atomic E-state index is 11.4. The Bertz CT molecular complexity index is 438. The molecule has 1 amide bonds. The second-order valence-electron chi connectivity index (χ2n) is 3.51. The van der Waals surface area contributed by atoms with Crippen LogP contribution in [0.1, 0.15) is 24.4 Å². The molecule has 1 atom stereocenters. The summed E-state index contributed by atoms with van der Waals surface area (Å²) in [4.78, 5) is 21.7. The Labute approximate surface area is 92.6 Å². The van der Waals surface area contributed by atoms with Crippen molar-refractivity contribution in [3.8, 4) is 0 Å². The van der Waals surface area contributed by atoms with Crippen LogP contribution in [-0.4, -0.2) is 27.7 Å². The van der Waals surface area contributed by atoms with Crippen molar-refractivity contribution in [2.75, 3.05) is 7.05 Å². The highest BCUT2D eigenvalue weighted by Gasteiger charge is 2.26. The number of hydrogen-bond donors (Lipinski definition) is 1. The van der Waals surface area contributed by atoms with Gasteiger partial charge in [0.15, 0.2) is 0 Å². The summed E-state index contributed by atoms with van der Waals surface area (Å²) in [5.41, 5.74) is 0.674. The van der Waals surface area contributed by atoms with Gasteiger partial charge in [-0.1, -0.05) is 0 Å². The summed E-state index contributed by atoms with van der Waals surface area (Å²) in [6.45, 7) is 4.78. The molecule has 0 aliphatic heterocycles. The SMILES string of the molecule is CNC(=O)C(C)n1nc(C)c([N+](=O)[O-])c1C. The van der Waals surface area contributed by atoms with E-state index >= 15 is 0 Å². The van der Waals surface area contributed by atoms with E-state index < -0.39 is 11.0 Å². The molecule has 0 saturated carbocycles. The van der Waals surface area contributed by atoms with Gasteiger partial charge >= 0.3 is 5.69 Å². The standard InChI is InChI=1S/C9H14N4O3/c1-5-8(13(15)16)6(2)12(11-5)7(3)9(14)10-4/h7H,1-4H3,(H,10,14). The van der Waals surface area contributed by atoms with Gasteiger partial charge in [0.25, 0.3) is 0 Å². The fraction of sp³-hybridized carbons (Fsp3) is 0.556. The van der Waals surface area contributed by atoms with Crippen molar-refractivity contribution in [3.63, 3.8) is 0 Å². The Morgan fingerprint density at radius 1 is 1.56 bits per heavy atom. The van der Waals surface area contributed by atoms with Crippen LogP contribution in [0.2, 0.25) is 0 Å². The third-order valence-corrected chi connectivity index (χ3v) is 2.46. The zero-order valence-electron chi connectivity index (χ0n) is 9.64. The summed E-state index contributed by atoms with van der Waals surface area (Å²) in [5.74, 6) is -0.236. The van der Waals surface area contributed by atoms with Crippen molar-refractivity contribution in [3.05, 3.63) is 21.5 Å². The third kappa shape index (κ3) is 1.88. The number of carbonyl (C=O) groups excluding carboxylic acids is 1. The number of amides is 1. The van der Waals surface area contributed by atoms with E-state index in [9.17, 15) is 14.9 Å². The Balaban J connectivity index is 3.22. The molecule has 0 saturated heterocycles. The number of aromatic nitrogens is 2. The molecule has 1 rings (SSSR count). The minimum absolute atomic E-state index is 0.0317. The van der Waals surface area contributed by atoms with Gasteiger partial charge in [0.1, 0.15) is 17.4 Å². The predicted octanol–water partition coefficient (Wildman–Crippen LogP) is 0.715.